The third-order valence-corrected chi connectivity index (χ3v) is 5.63. The van der Waals surface area contributed by atoms with E-state index in [0.29, 0.717) is 37.7 Å². The van der Waals surface area contributed by atoms with Gasteiger partial charge >= 0.3 is 0 Å². The van der Waals surface area contributed by atoms with E-state index < -0.39 is 0 Å². The number of aryl methyl sites for hydroxylation is 2. The fourth-order valence-electron chi connectivity index (χ4n) is 3.54. The van der Waals surface area contributed by atoms with Gasteiger partial charge in [0.1, 0.15) is 5.76 Å². The number of likely N-dealkylation sites (tertiary alicyclic amines) is 1. The summed E-state index contributed by atoms with van der Waals surface area (Å²) in [5, 5.41) is 3.05. The van der Waals surface area contributed by atoms with E-state index in [-0.39, 0.29) is 24.0 Å². The molecule has 0 unspecified atom stereocenters. The predicted octanol–water partition coefficient (Wildman–Crippen LogP) is 2.41. The summed E-state index contributed by atoms with van der Waals surface area (Å²) in [7, 11) is 0. The second kappa shape index (κ2) is 6.31. The molecule has 4 rings (SSSR count). The molecule has 0 aliphatic carbocycles. The van der Waals surface area contributed by atoms with Gasteiger partial charge in [-0.05, 0) is 19.9 Å². The van der Waals surface area contributed by atoms with Crippen LogP contribution in [0, 0.1) is 19.8 Å². The van der Waals surface area contributed by atoms with Gasteiger partial charge in [0, 0.05) is 17.8 Å². The third kappa shape index (κ3) is 2.76. The van der Waals surface area contributed by atoms with E-state index in [4.69, 9.17) is 13.9 Å². The van der Waals surface area contributed by atoms with Gasteiger partial charge in [0.25, 0.3) is 5.91 Å². The Morgan fingerprint density at radius 2 is 2.33 bits per heavy atom. The summed E-state index contributed by atoms with van der Waals surface area (Å²) in [5.74, 6) is 0.871. The number of hydrogen-bond acceptors (Lipinski definition) is 6. The average Bonchev–Trinajstić information content (AvgIpc) is 3.29. The van der Waals surface area contributed by atoms with Crippen molar-refractivity contribution in [1.29, 1.82) is 0 Å². The molecule has 2 aromatic rings. The first kappa shape index (κ1) is 15.8. The lowest BCUT2D eigenvalue weighted by molar-refractivity contribution is 0.00815. The van der Waals surface area contributed by atoms with Gasteiger partial charge in [-0.3, -0.25) is 4.79 Å². The van der Waals surface area contributed by atoms with Crippen molar-refractivity contribution in [3.8, 4) is 0 Å². The average molecular weight is 348 g/mol. The highest BCUT2D eigenvalue weighted by atomic mass is 32.1. The first-order valence-electron chi connectivity index (χ1n) is 8.09. The minimum atomic E-state index is -0.0179. The Kier molecular flexibility index (Phi) is 4.15. The number of hydrogen-bond donors (Lipinski definition) is 0. The number of carbonyl (C=O) groups excluding carboxylic acids is 1. The van der Waals surface area contributed by atoms with Crippen molar-refractivity contribution in [3.05, 3.63) is 39.7 Å². The summed E-state index contributed by atoms with van der Waals surface area (Å²) in [6.07, 6.45) is 1.54. The zero-order valence-electron chi connectivity index (χ0n) is 13.7. The molecule has 2 fully saturated rings. The smallest absolute Gasteiger partial charge is 0.257 e. The van der Waals surface area contributed by atoms with Crippen LogP contribution in [-0.2, 0) is 16.1 Å². The summed E-state index contributed by atoms with van der Waals surface area (Å²) in [4.78, 5) is 19.2. The van der Waals surface area contributed by atoms with Crippen LogP contribution in [0.2, 0.25) is 0 Å². The van der Waals surface area contributed by atoms with Gasteiger partial charge in [0.15, 0.2) is 0 Å². The maximum atomic E-state index is 12.8. The van der Waals surface area contributed by atoms with Crippen LogP contribution in [0.25, 0.3) is 0 Å². The molecule has 4 heterocycles. The fraction of sp³-hybridized carbons (Fsp3) is 0.529. The number of furan rings is 1. The summed E-state index contributed by atoms with van der Waals surface area (Å²) < 4.78 is 17.0. The number of thiazole rings is 1. The maximum Gasteiger partial charge on any atom is 0.257 e. The molecule has 3 atom stereocenters. The van der Waals surface area contributed by atoms with Gasteiger partial charge in [-0.2, -0.15) is 0 Å². The molecular formula is C17H20N2O4S. The van der Waals surface area contributed by atoms with Crippen LogP contribution in [0.3, 0.4) is 0 Å². The van der Waals surface area contributed by atoms with Crippen LogP contribution in [0.5, 0.6) is 0 Å². The van der Waals surface area contributed by atoms with Crippen molar-refractivity contribution in [2.45, 2.75) is 32.6 Å². The van der Waals surface area contributed by atoms with E-state index in [1.165, 1.54) is 0 Å². The molecule has 0 saturated carbocycles. The second-order valence-electron chi connectivity index (χ2n) is 6.32. The fourth-order valence-corrected chi connectivity index (χ4v) is 4.14. The standard InChI is InChI=1S/C17H20N2O4S/c1-10-13(3-4-22-10)17(20)19-5-16(14-7-21-8-15(14)19)23-6-12-9-24-11(2)18-12/h3-4,9,14-16H,5-8H2,1-2H3/t14-,15+,16-/m0/s1. The Morgan fingerprint density at radius 1 is 1.46 bits per heavy atom. The molecule has 0 bridgehead atoms. The van der Waals surface area contributed by atoms with Gasteiger partial charge in [-0.1, -0.05) is 0 Å². The van der Waals surface area contributed by atoms with E-state index >= 15 is 0 Å². The van der Waals surface area contributed by atoms with Crippen molar-refractivity contribution >= 4 is 17.2 Å². The highest BCUT2D eigenvalue weighted by molar-refractivity contribution is 7.09. The number of carbonyl (C=O) groups is 1. The van der Waals surface area contributed by atoms with Gasteiger partial charge in [0.2, 0.25) is 0 Å². The lowest BCUT2D eigenvalue weighted by atomic mass is 10.0. The summed E-state index contributed by atoms with van der Waals surface area (Å²) >= 11 is 1.62. The molecule has 0 aromatic carbocycles. The molecule has 0 N–H and O–H groups in total. The number of fused-ring (bicyclic) bond motifs is 1. The maximum absolute atomic E-state index is 12.8. The molecule has 7 heteroatoms. The number of nitrogens with zero attached hydrogens (tertiary/aromatic N) is 2. The summed E-state index contributed by atoms with van der Waals surface area (Å²) in [5.41, 5.74) is 1.57. The Labute approximate surface area is 144 Å². The summed E-state index contributed by atoms with van der Waals surface area (Å²) in [6, 6.07) is 1.81. The Morgan fingerprint density at radius 3 is 3.04 bits per heavy atom. The first-order chi connectivity index (χ1) is 11.6. The third-order valence-electron chi connectivity index (χ3n) is 4.81. The van der Waals surface area contributed by atoms with Crippen molar-refractivity contribution in [2.24, 2.45) is 5.92 Å². The van der Waals surface area contributed by atoms with Crippen molar-refractivity contribution in [2.75, 3.05) is 19.8 Å². The number of amides is 1. The molecule has 0 spiro atoms. The minimum absolute atomic E-state index is 0.00245. The van der Waals surface area contributed by atoms with Crippen LogP contribution in [0.15, 0.2) is 22.1 Å². The number of ether oxygens (including phenoxy) is 2. The molecule has 2 saturated heterocycles. The Hall–Kier alpha value is -1.70. The van der Waals surface area contributed by atoms with E-state index in [1.807, 2.05) is 24.1 Å². The zero-order valence-corrected chi connectivity index (χ0v) is 14.5. The predicted molar refractivity (Wildman–Crippen MR) is 88.0 cm³/mol. The van der Waals surface area contributed by atoms with Crippen molar-refractivity contribution < 1.29 is 18.7 Å². The molecule has 2 aliphatic heterocycles. The van der Waals surface area contributed by atoms with Crippen molar-refractivity contribution in [3.63, 3.8) is 0 Å². The first-order valence-corrected chi connectivity index (χ1v) is 8.97. The van der Waals surface area contributed by atoms with Crippen molar-refractivity contribution in [1.82, 2.24) is 9.88 Å². The number of rotatable bonds is 4. The lowest BCUT2D eigenvalue weighted by Crippen LogP contribution is -2.38. The molecule has 24 heavy (non-hydrogen) atoms. The van der Waals surface area contributed by atoms with Gasteiger partial charge in [-0.25, -0.2) is 4.98 Å². The molecule has 0 radical (unpaired) electrons. The van der Waals surface area contributed by atoms with E-state index in [1.54, 1.807) is 23.7 Å². The quantitative estimate of drug-likeness (QED) is 0.849. The van der Waals surface area contributed by atoms with Gasteiger partial charge < -0.3 is 18.8 Å². The molecule has 2 aromatic heterocycles. The van der Waals surface area contributed by atoms with Gasteiger partial charge in [0.05, 0.1) is 54.5 Å². The Balaban J connectivity index is 1.47. The molecule has 128 valence electrons. The van der Waals surface area contributed by atoms with E-state index in [9.17, 15) is 4.79 Å². The van der Waals surface area contributed by atoms with Crippen LogP contribution < -0.4 is 0 Å². The summed E-state index contributed by atoms with van der Waals surface area (Å²) in [6.45, 7) is 6.07. The largest absolute Gasteiger partial charge is 0.469 e. The highest BCUT2D eigenvalue weighted by Gasteiger charge is 2.48. The normalized spacial score (nSPS) is 26.1. The van der Waals surface area contributed by atoms with Crippen LogP contribution in [-0.4, -0.2) is 47.7 Å². The second-order valence-corrected chi connectivity index (χ2v) is 7.39. The van der Waals surface area contributed by atoms with Crippen LogP contribution >= 0.6 is 11.3 Å². The molecule has 6 nitrogen and oxygen atoms in total. The molecule has 1 amide bonds. The van der Waals surface area contributed by atoms with E-state index in [0.717, 1.165) is 10.7 Å². The zero-order chi connectivity index (χ0) is 16.7. The van der Waals surface area contributed by atoms with E-state index in [2.05, 4.69) is 4.98 Å². The SMILES string of the molecule is Cc1nc(CO[C@H]2CN(C(=O)c3ccoc3C)[C@@H]3COC[C@H]23)cs1. The molecule has 2 aliphatic rings. The van der Waals surface area contributed by atoms with Gasteiger partial charge in [-0.15, -0.1) is 11.3 Å². The monoisotopic (exact) mass is 348 g/mol. The highest BCUT2D eigenvalue weighted by Crippen LogP contribution is 2.34. The molecular weight excluding hydrogens is 328 g/mol. The van der Waals surface area contributed by atoms with Crippen LogP contribution in [0.1, 0.15) is 26.8 Å². The minimum Gasteiger partial charge on any atom is -0.469 e. The Bertz CT molecular complexity index is 741. The lowest BCUT2D eigenvalue weighted by Gasteiger charge is -2.22. The number of aromatic nitrogens is 1. The topological polar surface area (TPSA) is 64.8 Å². The van der Waals surface area contributed by atoms with Crippen LogP contribution in [0.4, 0.5) is 0 Å².